The van der Waals surface area contributed by atoms with Gasteiger partial charge in [-0.15, -0.1) is 0 Å². The van der Waals surface area contributed by atoms with Gasteiger partial charge in [0.2, 0.25) is 0 Å². The van der Waals surface area contributed by atoms with Gasteiger partial charge in [-0.25, -0.2) is 9.97 Å². The van der Waals surface area contributed by atoms with Crippen LogP contribution in [-0.2, 0) is 6.42 Å². The predicted molar refractivity (Wildman–Crippen MR) is 94.6 cm³/mol. The fourth-order valence-corrected chi connectivity index (χ4v) is 2.43. The summed E-state index contributed by atoms with van der Waals surface area (Å²) < 4.78 is 5.20. The molecule has 0 spiro atoms. The number of amides is 1. The number of hydrogen-bond acceptors (Lipinski definition) is 5. The minimum Gasteiger partial charge on any atom is -0.497 e. The van der Waals surface area contributed by atoms with Crippen LogP contribution in [0.25, 0.3) is 0 Å². The molecule has 0 aliphatic carbocycles. The Labute approximate surface area is 142 Å². The van der Waals surface area contributed by atoms with Crippen LogP contribution in [0.3, 0.4) is 0 Å². The average molecular weight is 328 g/mol. The molecule has 1 aromatic carbocycles. The van der Waals surface area contributed by atoms with Crippen LogP contribution >= 0.6 is 0 Å². The lowest BCUT2D eigenvalue weighted by Crippen LogP contribution is -2.28. The number of nitrogens with zero attached hydrogens (tertiary/aromatic N) is 3. The van der Waals surface area contributed by atoms with Crippen LogP contribution in [0.4, 0.5) is 5.82 Å². The van der Waals surface area contributed by atoms with Gasteiger partial charge >= 0.3 is 0 Å². The van der Waals surface area contributed by atoms with Gasteiger partial charge in [0.05, 0.1) is 7.11 Å². The average Bonchev–Trinajstić information content (AvgIpc) is 2.63. The van der Waals surface area contributed by atoms with Crippen molar-refractivity contribution in [1.82, 2.24) is 15.3 Å². The van der Waals surface area contributed by atoms with Gasteiger partial charge in [0, 0.05) is 25.7 Å². The normalized spacial score (nSPS) is 10.3. The van der Waals surface area contributed by atoms with E-state index < -0.39 is 0 Å². The molecule has 0 aliphatic heterocycles. The van der Waals surface area contributed by atoms with Crippen molar-refractivity contribution in [3.63, 3.8) is 0 Å². The highest BCUT2D eigenvalue weighted by molar-refractivity contribution is 5.92. The molecule has 2 rings (SSSR count). The van der Waals surface area contributed by atoms with Crippen molar-refractivity contribution >= 4 is 11.7 Å². The summed E-state index contributed by atoms with van der Waals surface area (Å²) in [6.45, 7) is 6.32. The number of carbonyl (C=O) groups excluding carboxylic acids is 1. The summed E-state index contributed by atoms with van der Waals surface area (Å²) in [6, 6.07) is 9.55. The number of nitrogens with one attached hydrogen (secondary N) is 1. The van der Waals surface area contributed by atoms with E-state index >= 15 is 0 Å². The Morgan fingerprint density at radius 2 is 2.00 bits per heavy atom. The Bertz CT molecular complexity index is 672. The highest BCUT2D eigenvalue weighted by atomic mass is 16.5. The number of ether oxygens (including phenoxy) is 1. The number of hydrogen-bond donors (Lipinski definition) is 1. The summed E-state index contributed by atoms with van der Waals surface area (Å²) >= 11 is 0. The van der Waals surface area contributed by atoms with Crippen molar-refractivity contribution in [3.8, 4) is 5.75 Å². The van der Waals surface area contributed by atoms with E-state index in [0.29, 0.717) is 12.2 Å². The molecule has 128 valence electrons. The molecule has 1 heterocycles. The highest BCUT2D eigenvalue weighted by Gasteiger charge is 2.11. The standard InChI is InChI=1S/C18H24N4O2/c1-4-22(5-2)17-12-16(20-13-21-17)18(23)19-10-9-14-7-6-8-15(11-14)24-3/h6-8,11-13H,4-5,9-10H2,1-3H3,(H,19,23). The molecule has 0 saturated carbocycles. The second-order valence-corrected chi connectivity index (χ2v) is 5.29. The number of methoxy groups -OCH3 is 1. The van der Waals surface area contributed by atoms with Crippen LogP contribution in [0.1, 0.15) is 29.9 Å². The van der Waals surface area contributed by atoms with Crippen molar-refractivity contribution in [1.29, 1.82) is 0 Å². The van der Waals surface area contributed by atoms with Gasteiger partial charge < -0.3 is 15.0 Å². The lowest BCUT2D eigenvalue weighted by atomic mass is 10.1. The van der Waals surface area contributed by atoms with Gasteiger partial charge in [-0.3, -0.25) is 4.79 Å². The van der Waals surface area contributed by atoms with E-state index in [4.69, 9.17) is 4.74 Å². The third-order valence-corrected chi connectivity index (χ3v) is 3.81. The number of benzene rings is 1. The van der Waals surface area contributed by atoms with Crippen LogP contribution in [-0.4, -0.2) is 42.6 Å². The molecular weight excluding hydrogens is 304 g/mol. The molecule has 0 fully saturated rings. The monoisotopic (exact) mass is 328 g/mol. The smallest absolute Gasteiger partial charge is 0.270 e. The fourth-order valence-electron chi connectivity index (χ4n) is 2.43. The molecule has 0 atom stereocenters. The Kier molecular flexibility index (Phi) is 6.54. The molecule has 1 N–H and O–H groups in total. The van der Waals surface area contributed by atoms with E-state index in [1.54, 1.807) is 13.2 Å². The number of anilines is 1. The molecule has 0 radical (unpaired) electrons. The van der Waals surface area contributed by atoms with Crippen molar-refractivity contribution in [2.75, 3.05) is 31.6 Å². The zero-order valence-electron chi connectivity index (χ0n) is 14.5. The minimum atomic E-state index is -0.186. The van der Waals surface area contributed by atoms with Gasteiger partial charge in [-0.2, -0.15) is 0 Å². The first-order valence-corrected chi connectivity index (χ1v) is 8.16. The highest BCUT2D eigenvalue weighted by Crippen LogP contribution is 2.13. The summed E-state index contributed by atoms with van der Waals surface area (Å²) in [5.41, 5.74) is 1.50. The van der Waals surface area contributed by atoms with Crippen LogP contribution in [0, 0.1) is 0 Å². The lowest BCUT2D eigenvalue weighted by molar-refractivity contribution is 0.0949. The van der Waals surface area contributed by atoms with Crippen LogP contribution in [0.2, 0.25) is 0 Å². The first kappa shape index (κ1) is 17.7. The molecule has 1 amide bonds. The first-order valence-electron chi connectivity index (χ1n) is 8.16. The van der Waals surface area contributed by atoms with Crippen molar-refractivity contribution in [2.45, 2.75) is 20.3 Å². The third-order valence-electron chi connectivity index (χ3n) is 3.81. The fraction of sp³-hybridized carbons (Fsp3) is 0.389. The number of aromatic nitrogens is 2. The Balaban J connectivity index is 1.93. The number of carbonyl (C=O) groups is 1. The third kappa shape index (κ3) is 4.68. The van der Waals surface area contributed by atoms with Gasteiger partial charge in [-0.1, -0.05) is 12.1 Å². The number of rotatable bonds is 8. The lowest BCUT2D eigenvalue weighted by Gasteiger charge is -2.19. The Hall–Kier alpha value is -2.63. The molecule has 2 aromatic rings. The van der Waals surface area contributed by atoms with E-state index in [1.807, 2.05) is 24.3 Å². The van der Waals surface area contributed by atoms with Crippen LogP contribution < -0.4 is 15.0 Å². The Morgan fingerprint density at radius 3 is 2.71 bits per heavy atom. The summed E-state index contributed by atoms with van der Waals surface area (Å²) in [5.74, 6) is 1.40. The van der Waals surface area contributed by atoms with E-state index in [1.165, 1.54) is 6.33 Å². The van der Waals surface area contributed by atoms with Crippen LogP contribution in [0.5, 0.6) is 5.75 Å². The summed E-state index contributed by atoms with van der Waals surface area (Å²) in [5, 5.41) is 2.90. The van der Waals surface area contributed by atoms with E-state index in [-0.39, 0.29) is 5.91 Å². The predicted octanol–water partition coefficient (Wildman–Crippen LogP) is 2.30. The zero-order chi connectivity index (χ0) is 17.4. The van der Waals surface area contributed by atoms with Crippen LogP contribution in [0.15, 0.2) is 36.7 Å². The van der Waals surface area contributed by atoms with Gasteiger partial charge in [0.1, 0.15) is 23.6 Å². The van der Waals surface area contributed by atoms with Gasteiger partial charge in [-0.05, 0) is 38.0 Å². The maximum atomic E-state index is 12.3. The molecule has 0 saturated heterocycles. The van der Waals surface area contributed by atoms with Crippen molar-refractivity contribution in [3.05, 3.63) is 47.9 Å². The molecular formula is C18H24N4O2. The second-order valence-electron chi connectivity index (χ2n) is 5.29. The molecule has 6 nitrogen and oxygen atoms in total. The second kappa shape index (κ2) is 8.86. The maximum Gasteiger partial charge on any atom is 0.270 e. The maximum absolute atomic E-state index is 12.3. The van der Waals surface area contributed by atoms with E-state index in [9.17, 15) is 4.79 Å². The molecule has 0 bridgehead atoms. The zero-order valence-corrected chi connectivity index (χ0v) is 14.5. The van der Waals surface area contributed by atoms with Gasteiger partial charge in [0.15, 0.2) is 0 Å². The summed E-state index contributed by atoms with van der Waals surface area (Å²) in [7, 11) is 1.64. The minimum absolute atomic E-state index is 0.186. The van der Waals surface area contributed by atoms with E-state index in [0.717, 1.165) is 36.6 Å². The topological polar surface area (TPSA) is 67.4 Å². The molecule has 0 aliphatic rings. The first-order chi connectivity index (χ1) is 11.7. The molecule has 1 aromatic heterocycles. The summed E-state index contributed by atoms with van der Waals surface area (Å²) in [4.78, 5) is 22.6. The van der Waals surface area contributed by atoms with E-state index in [2.05, 4.69) is 34.0 Å². The molecule has 0 unspecified atom stereocenters. The van der Waals surface area contributed by atoms with Gasteiger partial charge in [0.25, 0.3) is 5.91 Å². The summed E-state index contributed by atoms with van der Waals surface area (Å²) in [6.07, 6.45) is 2.17. The Morgan fingerprint density at radius 1 is 1.21 bits per heavy atom. The SMILES string of the molecule is CCN(CC)c1cc(C(=O)NCCc2cccc(OC)c2)ncn1. The molecule has 24 heavy (non-hydrogen) atoms. The quantitative estimate of drug-likeness (QED) is 0.805. The van der Waals surface area contributed by atoms with Crippen molar-refractivity contribution < 1.29 is 9.53 Å². The van der Waals surface area contributed by atoms with Crippen molar-refractivity contribution in [2.24, 2.45) is 0 Å². The largest absolute Gasteiger partial charge is 0.497 e. The molecule has 6 heteroatoms.